The number of hydrogen-bond acceptors (Lipinski definition) is 5. The number of benzene rings is 4. The van der Waals surface area contributed by atoms with Crippen LogP contribution in [0.4, 0.5) is 5.69 Å². The highest BCUT2D eigenvalue weighted by atomic mass is 16.7. The molecule has 196 valence electrons. The van der Waals surface area contributed by atoms with Crippen molar-refractivity contribution in [3.63, 3.8) is 0 Å². The number of para-hydroxylation sites is 2. The van der Waals surface area contributed by atoms with E-state index in [1.54, 1.807) is 18.2 Å². The third kappa shape index (κ3) is 5.17. The summed E-state index contributed by atoms with van der Waals surface area (Å²) in [5.41, 5.74) is 8.28. The van der Waals surface area contributed by atoms with Crippen LogP contribution in [0, 0.1) is 0 Å². The normalized spacial score (nSPS) is 17.5. The Labute approximate surface area is 227 Å². The summed E-state index contributed by atoms with van der Waals surface area (Å²) in [6.07, 6.45) is 2.61. The third-order valence-electron chi connectivity index (χ3n) is 7.36. The van der Waals surface area contributed by atoms with Crippen molar-refractivity contribution in [2.24, 2.45) is 0 Å². The molecule has 3 N–H and O–H groups in total. The minimum atomic E-state index is -0.651. The van der Waals surface area contributed by atoms with Gasteiger partial charge in [0.05, 0.1) is 18.9 Å². The van der Waals surface area contributed by atoms with Gasteiger partial charge in [-0.2, -0.15) is 0 Å². The molecular weight excluding hydrogens is 490 g/mol. The van der Waals surface area contributed by atoms with E-state index < -0.39 is 12.2 Å². The van der Waals surface area contributed by atoms with Gasteiger partial charge in [0, 0.05) is 12.3 Å². The molecule has 2 unspecified atom stereocenters. The minimum absolute atomic E-state index is 0.0138. The van der Waals surface area contributed by atoms with E-state index in [2.05, 4.69) is 47.8 Å². The van der Waals surface area contributed by atoms with Gasteiger partial charge in [0.25, 0.3) is 5.91 Å². The number of aliphatic hydroxyl groups excluding tert-OH is 1. The van der Waals surface area contributed by atoms with Crippen LogP contribution in [0.2, 0.25) is 0 Å². The smallest absolute Gasteiger partial charge is 0.290 e. The van der Waals surface area contributed by atoms with Gasteiger partial charge in [-0.25, -0.2) is 0 Å². The van der Waals surface area contributed by atoms with E-state index in [9.17, 15) is 15.0 Å². The molecule has 1 aliphatic heterocycles. The first-order chi connectivity index (χ1) is 19.1. The fourth-order valence-corrected chi connectivity index (χ4v) is 5.36. The summed E-state index contributed by atoms with van der Waals surface area (Å²) >= 11 is 0. The summed E-state index contributed by atoms with van der Waals surface area (Å²) in [5.74, 6) is -0.410. The third-order valence-corrected chi connectivity index (χ3v) is 7.36. The summed E-state index contributed by atoms with van der Waals surface area (Å²) in [5, 5.41) is 22.2. The van der Waals surface area contributed by atoms with Crippen LogP contribution >= 0.6 is 0 Å². The molecule has 4 aromatic rings. The quantitative estimate of drug-likeness (QED) is 0.229. The molecule has 4 aromatic carbocycles. The number of aromatic hydroxyl groups is 1. The zero-order valence-electron chi connectivity index (χ0n) is 21.3. The number of carbonyl (C=O) groups is 1. The zero-order chi connectivity index (χ0) is 26.8. The van der Waals surface area contributed by atoms with Crippen molar-refractivity contribution in [1.29, 1.82) is 0 Å². The fourth-order valence-electron chi connectivity index (χ4n) is 5.36. The number of nitrogens with one attached hydrogen (secondary N) is 1. The molecule has 0 fully saturated rings. The summed E-state index contributed by atoms with van der Waals surface area (Å²) in [7, 11) is 0. The van der Waals surface area contributed by atoms with Crippen molar-refractivity contribution >= 4 is 11.6 Å². The average Bonchev–Trinajstić information content (AvgIpc) is 3.36. The van der Waals surface area contributed by atoms with Crippen molar-refractivity contribution in [1.82, 2.24) is 0 Å². The maximum atomic E-state index is 13.3. The number of aliphatic hydroxyl groups is 1. The molecule has 0 radical (unpaired) electrons. The summed E-state index contributed by atoms with van der Waals surface area (Å²) in [6.45, 7) is 0.288. The van der Waals surface area contributed by atoms with E-state index in [4.69, 9.17) is 9.47 Å². The Morgan fingerprint density at radius 1 is 0.897 bits per heavy atom. The van der Waals surface area contributed by atoms with Crippen LogP contribution in [0.5, 0.6) is 5.75 Å². The topological polar surface area (TPSA) is 88.0 Å². The monoisotopic (exact) mass is 519 g/mol. The molecule has 0 saturated carbocycles. The molecular formula is C33H29NO5. The first-order valence-corrected chi connectivity index (χ1v) is 13.1. The van der Waals surface area contributed by atoms with Crippen LogP contribution < -0.4 is 5.32 Å². The van der Waals surface area contributed by atoms with Crippen LogP contribution in [-0.2, 0) is 33.9 Å². The first kappa shape index (κ1) is 24.9. The van der Waals surface area contributed by atoms with Gasteiger partial charge in [0.2, 0.25) is 6.29 Å². The number of carbonyl (C=O) groups excluding carboxylic acids is 1. The molecule has 0 saturated heterocycles. The number of amides is 1. The van der Waals surface area contributed by atoms with E-state index in [0.29, 0.717) is 18.7 Å². The first-order valence-electron chi connectivity index (χ1n) is 13.1. The number of allylic oxidation sites excluding steroid dienone is 1. The molecule has 2 aliphatic rings. The SMILES string of the molecule is O=C(Nc1ccccc1O)C1=CC(c2cccc3c2Cc2ccccc2-3)CC(OCc2ccc(CO)cc2)O1. The molecule has 6 nitrogen and oxygen atoms in total. The van der Waals surface area contributed by atoms with Crippen LogP contribution in [0.1, 0.15) is 40.2 Å². The lowest BCUT2D eigenvalue weighted by atomic mass is 9.87. The Morgan fingerprint density at radius 2 is 1.64 bits per heavy atom. The molecule has 1 aliphatic carbocycles. The van der Waals surface area contributed by atoms with Gasteiger partial charge in [0.15, 0.2) is 5.76 Å². The van der Waals surface area contributed by atoms with Crippen LogP contribution in [-0.4, -0.2) is 22.4 Å². The van der Waals surface area contributed by atoms with Crippen LogP contribution in [0.3, 0.4) is 0 Å². The summed E-state index contributed by atoms with van der Waals surface area (Å²) < 4.78 is 12.2. The number of anilines is 1. The number of fused-ring (bicyclic) bond motifs is 3. The number of ether oxygens (including phenoxy) is 2. The van der Waals surface area contributed by atoms with Gasteiger partial charge >= 0.3 is 0 Å². The maximum absolute atomic E-state index is 13.3. The van der Waals surface area contributed by atoms with Gasteiger partial charge in [-0.3, -0.25) is 4.79 Å². The van der Waals surface area contributed by atoms with Crippen molar-refractivity contribution in [3.8, 4) is 16.9 Å². The highest BCUT2D eigenvalue weighted by Crippen LogP contribution is 2.43. The maximum Gasteiger partial charge on any atom is 0.290 e. The second-order valence-corrected chi connectivity index (χ2v) is 9.88. The van der Waals surface area contributed by atoms with Crippen molar-refractivity contribution in [3.05, 3.63) is 131 Å². The lowest BCUT2D eigenvalue weighted by Gasteiger charge is -2.30. The number of hydrogen-bond donors (Lipinski definition) is 3. The molecule has 39 heavy (non-hydrogen) atoms. The van der Waals surface area contributed by atoms with Gasteiger partial charge < -0.3 is 25.0 Å². The summed E-state index contributed by atoms with van der Waals surface area (Å²) in [6, 6.07) is 28.9. The van der Waals surface area contributed by atoms with E-state index in [0.717, 1.165) is 23.1 Å². The zero-order valence-corrected chi connectivity index (χ0v) is 21.3. The van der Waals surface area contributed by atoms with Crippen molar-refractivity contribution in [2.75, 3.05) is 5.32 Å². The largest absolute Gasteiger partial charge is 0.506 e. The van der Waals surface area contributed by atoms with E-state index in [1.165, 1.54) is 28.3 Å². The lowest BCUT2D eigenvalue weighted by molar-refractivity contribution is -0.147. The van der Waals surface area contributed by atoms with Gasteiger partial charge in [-0.05, 0) is 63.6 Å². The second kappa shape index (κ2) is 10.8. The molecule has 0 bridgehead atoms. The number of rotatable bonds is 7. The summed E-state index contributed by atoms with van der Waals surface area (Å²) in [4.78, 5) is 13.3. The molecule has 0 spiro atoms. The van der Waals surface area contributed by atoms with Gasteiger partial charge in [0.1, 0.15) is 5.75 Å². The predicted octanol–water partition coefficient (Wildman–Crippen LogP) is 6.03. The fraction of sp³-hybridized carbons (Fsp3) is 0.182. The molecule has 1 heterocycles. The van der Waals surface area contributed by atoms with Gasteiger partial charge in [-0.15, -0.1) is 0 Å². The van der Waals surface area contributed by atoms with Crippen LogP contribution in [0.15, 0.2) is 103 Å². The van der Waals surface area contributed by atoms with E-state index in [-0.39, 0.29) is 24.0 Å². The van der Waals surface area contributed by atoms with Gasteiger partial charge in [-0.1, -0.05) is 78.9 Å². The standard InChI is InChI=1S/C33H29NO5/c35-19-21-12-14-22(15-13-21)20-38-32-18-24(17-31(39-32)33(37)34-29-10-3-4-11-30(29)36)26-8-5-9-27-25-7-2-1-6-23(25)16-28(26)27/h1-15,17,24,32,35-36H,16,18-20H2,(H,34,37). The highest BCUT2D eigenvalue weighted by Gasteiger charge is 2.32. The predicted molar refractivity (Wildman–Crippen MR) is 149 cm³/mol. The van der Waals surface area contributed by atoms with Crippen molar-refractivity contribution < 1.29 is 24.5 Å². The lowest BCUT2D eigenvalue weighted by Crippen LogP contribution is -2.29. The number of phenols is 1. The Bertz CT molecular complexity index is 1540. The van der Waals surface area contributed by atoms with E-state index >= 15 is 0 Å². The van der Waals surface area contributed by atoms with Crippen molar-refractivity contribution in [2.45, 2.75) is 38.3 Å². The highest BCUT2D eigenvalue weighted by molar-refractivity contribution is 6.03. The molecule has 0 aromatic heterocycles. The molecule has 1 amide bonds. The molecule has 6 rings (SSSR count). The molecule has 6 heteroatoms. The minimum Gasteiger partial charge on any atom is -0.506 e. The Balaban J connectivity index is 1.29. The Morgan fingerprint density at radius 3 is 2.46 bits per heavy atom. The second-order valence-electron chi connectivity index (χ2n) is 9.88. The molecule has 2 atom stereocenters. The number of phenolic OH excluding ortho intramolecular Hbond substituents is 1. The van der Waals surface area contributed by atoms with E-state index in [1.807, 2.05) is 30.3 Å². The van der Waals surface area contributed by atoms with Crippen LogP contribution in [0.25, 0.3) is 11.1 Å². The Kier molecular flexibility index (Phi) is 6.88. The average molecular weight is 520 g/mol. The Hall–Kier alpha value is -4.39.